The van der Waals surface area contributed by atoms with E-state index in [2.05, 4.69) is 55.1 Å². The minimum atomic E-state index is -0.724. The van der Waals surface area contributed by atoms with Gasteiger partial charge in [0.2, 0.25) is 0 Å². The number of nitrogens with zero attached hydrogens (tertiary/aromatic N) is 3. The zero-order valence-electron chi connectivity index (χ0n) is 40.0. The minimum absolute atomic E-state index is 0.504. The van der Waals surface area contributed by atoms with Crippen molar-refractivity contribution in [2.75, 3.05) is 18.0 Å². The molecule has 3 aromatic carbocycles. The Morgan fingerprint density at radius 2 is 0.683 bits per heavy atom. The van der Waals surface area contributed by atoms with Crippen LogP contribution >= 0.6 is 0 Å². The van der Waals surface area contributed by atoms with Gasteiger partial charge in [-0.15, -0.1) is 0 Å². The molecule has 7 nitrogen and oxygen atoms in total. The van der Waals surface area contributed by atoms with Crippen LogP contribution in [0, 0.1) is 20.2 Å². The quantitative estimate of drug-likeness (QED) is 0.0246. The van der Waals surface area contributed by atoms with E-state index in [1.54, 1.807) is 6.08 Å². The number of rotatable bonds is 40. The molecule has 3 rings (SSSR count). The molecule has 63 heavy (non-hydrogen) atoms. The fraction of sp³-hybridized carbons (Fsp3) is 0.643. The summed E-state index contributed by atoms with van der Waals surface area (Å²) in [5.41, 5.74) is 4.09. The lowest BCUT2D eigenvalue weighted by Gasteiger charge is -2.25. The van der Waals surface area contributed by atoms with Gasteiger partial charge in [0.25, 0.3) is 0 Å². The molecule has 0 aliphatic rings. The Morgan fingerprint density at radius 1 is 0.381 bits per heavy atom. The van der Waals surface area contributed by atoms with Crippen LogP contribution in [0.1, 0.15) is 230 Å². The average molecular weight is 866 g/mol. The van der Waals surface area contributed by atoms with Gasteiger partial charge in [-0.2, -0.15) is 0 Å². The number of anilines is 1. The van der Waals surface area contributed by atoms with Gasteiger partial charge in [-0.25, -0.2) is 0 Å². The molecule has 3 aromatic rings. The molecular formula is C56H87N3O4. The lowest BCUT2D eigenvalue weighted by molar-refractivity contribution is -0.422. The fourth-order valence-corrected chi connectivity index (χ4v) is 8.86. The van der Waals surface area contributed by atoms with E-state index < -0.39 is 21.2 Å². The van der Waals surface area contributed by atoms with Gasteiger partial charge in [0.15, 0.2) is 0 Å². The molecule has 0 radical (unpaired) electrons. The normalized spacial score (nSPS) is 11.5. The molecule has 0 aliphatic carbocycles. The van der Waals surface area contributed by atoms with Gasteiger partial charge in [-0.1, -0.05) is 255 Å². The molecule has 0 fully saturated rings. The SMILES string of the molecule is CCCCCCCCCCCCCCCCCCN(CCCCCCCCCCCCCCCCCC)c1ccc(-c2ccc(/C=C/c3ccc([N+](=O)[O-])c([N+](=O)[O-])c3)cc2)cc1. The van der Waals surface area contributed by atoms with E-state index in [0.717, 1.165) is 24.2 Å². The van der Waals surface area contributed by atoms with Crippen LogP contribution in [0.3, 0.4) is 0 Å². The van der Waals surface area contributed by atoms with Gasteiger partial charge >= 0.3 is 11.4 Å². The van der Waals surface area contributed by atoms with Gasteiger partial charge in [0.1, 0.15) is 0 Å². The van der Waals surface area contributed by atoms with Crippen molar-refractivity contribution in [3.8, 4) is 11.1 Å². The molecule has 0 heterocycles. The summed E-state index contributed by atoms with van der Waals surface area (Å²) in [7, 11) is 0. The van der Waals surface area contributed by atoms with E-state index >= 15 is 0 Å². The lowest BCUT2D eigenvalue weighted by Crippen LogP contribution is -2.25. The lowest BCUT2D eigenvalue weighted by atomic mass is 10.0. The van der Waals surface area contributed by atoms with Crippen molar-refractivity contribution >= 4 is 29.2 Å². The fourth-order valence-electron chi connectivity index (χ4n) is 8.86. The first-order valence-corrected chi connectivity index (χ1v) is 26.0. The van der Waals surface area contributed by atoms with Crippen molar-refractivity contribution in [3.63, 3.8) is 0 Å². The van der Waals surface area contributed by atoms with Gasteiger partial charge in [0, 0.05) is 30.9 Å². The van der Waals surface area contributed by atoms with Crippen molar-refractivity contribution in [2.24, 2.45) is 0 Å². The maximum Gasteiger partial charge on any atom is 0.346 e. The first-order valence-electron chi connectivity index (χ1n) is 26.0. The standard InChI is InChI=1S/C56H87N3O4/c1-3-5-7-9-11-13-15-17-19-21-23-25-27-29-31-33-47-57(48-34-32-30-28-26-24-22-20-18-16-14-12-10-8-6-4-2)54-44-42-53(43-45-54)52-40-37-50(38-41-52)35-36-51-39-46-55(58(60)61)56(49-51)59(62)63/h35-46,49H,3-34,47-48H2,1-2H3/b36-35+. The molecule has 0 spiro atoms. The van der Waals surface area contributed by atoms with E-state index in [-0.39, 0.29) is 0 Å². The summed E-state index contributed by atoms with van der Waals surface area (Å²) in [4.78, 5) is 23.8. The highest BCUT2D eigenvalue weighted by Crippen LogP contribution is 2.29. The Hall–Kier alpha value is -4.00. The van der Waals surface area contributed by atoms with Crippen molar-refractivity contribution in [3.05, 3.63) is 98.1 Å². The Balaban J connectivity index is 1.42. The highest BCUT2D eigenvalue weighted by Gasteiger charge is 2.23. The van der Waals surface area contributed by atoms with Crippen LogP contribution in [0.5, 0.6) is 0 Å². The van der Waals surface area contributed by atoms with Crippen LogP contribution in [-0.2, 0) is 0 Å². The van der Waals surface area contributed by atoms with Crippen molar-refractivity contribution in [1.82, 2.24) is 0 Å². The molecule has 0 saturated carbocycles. The highest BCUT2D eigenvalue weighted by molar-refractivity contribution is 5.74. The number of nitro groups is 2. The summed E-state index contributed by atoms with van der Waals surface area (Å²) < 4.78 is 0. The number of nitro benzene ring substituents is 2. The van der Waals surface area contributed by atoms with Crippen molar-refractivity contribution in [2.45, 2.75) is 219 Å². The molecule has 0 bridgehead atoms. The largest absolute Gasteiger partial charge is 0.372 e. The molecule has 0 aromatic heterocycles. The second kappa shape index (κ2) is 35.4. The van der Waals surface area contributed by atoms with E-state index in [4.69, 9.17) is 0 Å². The Kier molecular flexibility index (Phi) is 29.9. The summed E-state index contributed by atoms with van der Waals surface area (Å²) in [6.07, 6.45) is 48.2. The van der Waals surface area contributed by atoms with E-state index in [9.17, 15) is 20.2 Å². The second-order valence-electron chi connectivity index (χ2n) is 18.4. The Labute approximate surface area is 384 Å². The van der Waals surface area contributed by atoms with Crippen LogP contribution in [0.25, 0.3) is 23.3 Å². The maximum atomic E-state index is 11.4. The molecule has 0 amide bonds. The molecule has 0 N–H and O–H groups in total. The van der Waals surface area contributed by atoms with Crippen LogP contribution in [0.15, 0.2) is 66.7 Å². The van der Waals surface area contributed by atoms with Crippen LogP contribution in [0.2, 0.25) is 0 Å². The van der Waals surface area contributed by atoms with Gasteiger partial charge in [-0.05, 0) is 53.3 Å². The summed E-state index contributed by atoms with van der Waals surface area (Å²) >= 11 is 0. The van der Waals surface area contributed by atoms with E-state index in [1.807, 2.05) is 18.2 Å². The number of hydrogen-bond donors (Lipinski definition) is 0. The summed E-state index contributed by atoms with van der Waals surface area (Å²) in [5.74, 6) is 0. The summed E-state index contributed by atoms with van der Waals surface area (Å²) in [6.45, 7) is 6.83. The van der Waals surface area contributed by atoms with Gasteiger partial charge < -0.3 is 4.90 Å². The monoisotopic (exact) mass is 866 g/mol. The van der Waals surface area contributed by atoms with Crippen LogP contribution in [-0.4, -0.2) is 22.9 Å². The van der Waals surface area contributed by atoms with Gasteiger partial charge in [0.05, 0.1) is 9.85 Å². The molecule has 0 unspecified atom stereocenters. The zero-order chi connectivity index (χ0) is 45.0. The molecule has 0 aliphatic heterocycles. The molecule has 0 atom stereocenters. The van der Waals surface area contributed by atoms with Crippen LogP contribution in [0.4, 0.5) is 17.1 Å². The number of unbranched alkanes of at least 4 members (excludes halogenated alkanes) is 30. The number of hydrogen-bond acceptors (Lipinski definition) is 5. The molecule has 350 valence electrons. The van der Waals surface area contributed by atoms with E-state index in [0.29, 0.717) is 5.56 Å². The predicted molar refractivity (Wildman–Crippen MR) is 272 cm³/mol. The third-order valence-corrected chi connectivity index (χ3v) is 12.9. The third kappa shape index (κ3) is 24.6. The third-order valence-electron chi connectivity index (χ3n) is 12.9. The molecule has 0 saturated heterocycles. The molecular weight excluding hydrogens is 779 g/mol. The highest BCUT2D eigenvalue weighted by atomic mass is 16.6. The van der Waals surface area contributed by atoms with Crippen molar-refractivity contribution in [1.29, 1.82) is 0 Å². The topological polar surface area (TPSA) is 89.5 Å². The number of benzene rings is 3. The zero-order valence-corrected chi connectivity index (χ0v) is 40.0. The predicted octanol–water partition coefficient (Wildman–Crippen LogP) is 18.7. The minimum Gasteiger partial charge on any atom is -0.372 e. The first kappa shape index (κ1) is 53.3. The van der Waals surface area contributed by atoms with Crippen molar-refractivity contribution < 1.29 is 9.85 Å². The Bertz CT molecular complexity index is 1600. The van der Waals surface area contributed by atoms with Crippen LogP contribution < -0.4 is 4.90 Å². The van der Waals surface area contributed by atoms with E-state index in [1.165, 1.54) is 235 Å². The maximum absolute atomic E-state index is 11.4. The first-order chi connectivity index (χ1) is 30.9. The smallest absolute Gasteiger partial charge is 0.346 e. The molecule has 7 heteroatoms. The van der Waals surface area contributed by atoms with Gasteiger partial charge in [-0.3, -0.25) is 20.2 Å². The average Bonchev–Trinajstić information content (AvgIpc) is 3.30. The Morgan fingerprint density at radius 3 is 1.03 bits per heavy atom. The summed E-state index contributed by atoms with van der Waals surface area (Å²) in [5, 5.41) is 22.6. The summed E-state index contributed by atoms with van der Waals surface area (Å²) in [6, 6.07) is 21.3. The second-order valence-corrected chi connectivity index (χ2v) is 18.4.